The first-order chi connectivity index (χ1) is 16.7. The molecule has 0 spiro atoms. The fourth-order valence-electron chi connectivity index (χ4n) is 4.51. The number of fused-ring (bicyclic) bond motifs is 1. The summed E-state index contributed by atoms with van der Waals surface area (Å²) in [5, 5.41) is 10.7. The van der Waals surface area contributed by atoms with Crippen molar-refractivity contribution in [1.82, 2.24) is 15.3 Å². The number of carbonyl (C=O) groups is 1. The molecule has 1 aliphatic rings. The quantitative estimate of drug-likeness (QED) is 0.259. The van der Waals surface area contributed by atoms with Gasteiger partial charge in [0.15, 0.2) is 0 Å². The summed E-state index contributed by atoms with van der Waals surface area (Å²) in [6.45, 7) is 4.28. The highest BCUT2D eigenvalue weighted by atomic mass is 79.9. The molecule has 1 aliphatic carbocycles. The summed E-state index contributed by atoms with van der Waals surface area (Å²) in [6.07, 6.45) is 4.75. The van der Waals surface area contributed by atoms with E-state index in [0.29, 0.717) is 17.6 Å². The van der Waals surface area contributed by atoms with Crippen molar-refractivity contribution in [3.63, 3.8) is 0 Å². The molecule has 4 rings (SSSR count). The van der Waals surface area contributed by atoms with Crippen molar-refractivity contribution in [3.05, 3.63) is 50.9 Å². The van der Waals surface area contributed by atoms with E-state index in [1.54, 1.807) is 0 Å². The first-order valence-corrected chi connectivity index (χ1v) is 13.6. The van der Waals surface area contributed by atoms with Gasteiger partial charge in [-0.2, -0.15) is 4.98 Å². The molecular weight excluding hydrogens is 572 g/mol. The molecule has 1 heterocycles. The lowest BCUT2D eigenvalue weighted by Crippen LogP contribution is -2.57. The van der Waals surface area contributed by atoms with Gasteiger partial charge in [0.25, 0.3) is 0 Å². The SMILES string of the molecule is CC(C)c1cc(Br)c(NC(=O)NC2(Nc3nc(N(C)C)c4ccccc4n3)CCCCC2)c(Br)c1. The summed E-state index contributed by atoms with van der Waals surface area (Å²) in [7, 11) is 3.95. The molecule has 0 bridgehead atoms. The summed E-state index contributed by atoms with van der Waals surface area (Å²) in [4.78, 5) is 24.8. The number of amides is 2. The van der Waals surface area contributed by atoms with E-state index < -0.39 is 5.66 Å². The molecule has 0 atom stereocenters. The standard InChI is InChI=1S/C26H32Br2N6O/c1-16(2)17-14-19(27)22(20(28)15-17)30-25(35)33-26(12-8-5-9-13-26)32-24-29-21-11-7-6-10-18(21)23(31-24)34(3)4/h6-7,10-11,14-16H,5,8-9,12-13H2,1-4H3,(H,29,31,32)(H2,30,33,35). The molecular formula is C26H32Br2N6O. The molecule has 2 amide bonds. The third kappa shape index (κ3) is 5.89. The van der Waals surface area contributed by atoms with Crippen LogP contribution in [0.15, 0.2) is 45.3 Å². The minimum absolute atomic E-state index is 0.272. The number of hydrogen-bond acceptors (Lipinski definition) is 5. The van der Waals surface area contributed by atoms with Crippen molar-refractivity contribution >= 4 is 66.2 Å². The number of hydrogen-bond donors (Lipinski definition) is 3. The smallest absolute Gasteiger partial charge is 0.321 e. The van der Waals surface area contributed by atoms with E-state index in [9.17, 15) is 4.79 Å². The molecule has 3 N–H and O–H groups in total. The van der Waals surface area contributed by atoms with Gasteiger partial charge < -0.3 is 20.9 Å². The normalized spacial score (nSPS) is 15.2. The van der Waals surface area contributed by atoms with Gasteiger partial charge in [0.1, 0.15) is 11.5 Å². The molecule has 1 fully saturated rings. The van der Waals surface area contributed by atoms with Crippen LogP contribution >= 0.6 is 31.9 Å². The zero-order valence-corrected chi connectivity index (χ0v) is 23.8. The Morgan fingerprint density at radius 2 is 1.69 bits per heavy atom. The number of anilines is 3. The molecule has 9 heteroatoms. The predicted octanol–water partition coefficient (Wildman–Crippen LogP) is 7.24. The van der Waals surface area contributed by atoms with E-state index in [2.05, 4.69) is 61.7 Å². The summed E-state index contributed by atoms with van der Waals surface area (Å²) in [6, 6.07) is 11.8. The Labute approximate surface area is 223 Å². The molecule has 7 nitrogen and oxygen atoms in total. The van der Waals surface area contributed by atoms with Crippen molar-refractivity contribution in [2.24, 2.45) is 0 Å². The Kier molecular flexibility index (Phi) is 7.86. The predicted molar refractivity (Wildman–Crippen MR) is 151 cm³/mol. The van der Waals surface area contributed by atoms with Crippen LogP contribution in [-0.2, 0) is 0 Å². The van der Waals surface area contributed by atoms with Gasteiger partial charge >= 0.3 is 6.03 Å². The van der Waals surface area contributed by atoms with Gasteiger partial charge in [-0.15, -0.1) is 0 Å². The third-order valence-electron chi connectivity index (χ3n) is 6.39. The van der Waals surface area contributed by atoms with Crippen LogP contribution in [0.2, 0.25) is 0 Å². The Morgan fingerprint density at radius 3 is 2.31 bits per heavy atom. The molecule has 1 aromatic heterocycles. The lowest BCUT2D eigenvalue weighted by molar-refractivity contribution is 0.224. The van der Waals surface area contributed by atoms with Gasteiger partial charge in [-0.3, -0.25) is 0 Å². The van der Waals surface area contributed by atoms with E-state index in [1.807, 2.05) is 55.4 Å². The number of nitrogens with zero attached hydrogens (tertiary/aromatic N) is 3. The van der Waals surface area contributed by atoms with E-state index >= 15 is 0 Å². The van der Waals surface area contributed by atoms with Crippen LogP contribution in [0.4, 0.5) is 22.2 Å². The van der Waals surface area contributed by atoms with Crippen molar-refractivity contribution in [2.45, 2.75) is 57.5 Å². The van der Waals surface area contributed by atoms with Crippen molar-refractivity contribution in [2.75, 3.05) is 29.6 Å². The van der Waals surface area contributed by atoms with E-state index in [0.717, 1.165) is 57.8 Å². The Balaban J connectivity index is 1.60. The first kappa shape index (κ1) is 25.7. The van der Waals surface area contributed by atoms with Crippen LogP contribution in [0.1, 0.15) is 57.4 Å². The van der Waals surface area contributed by atoms with Crippen LogP contribution < -0.4 is 20.9 Å². The number of halogens is 2. The summed E-state index contributed by atoms with van der Waals surface area (Å²) < 4.78 is 1.68. The molecule has 0 saturated heterocycles. The number of carbonyl (C=O) groups excluding carboxylic acids is 1. The minimum Gasteiger partial charge on any atom is -0.362 e. The largest absolute Gasteiger partial charge is 0.362 e. The highest BCUT2D eigenvalue weighted by molar-refractivity contribution is 9.11. The molecule has 0 unspecified atom stereocenters. The van der Waals surface area contributed by atoms with Crippen LogP contribution in [0.5, 0.6) is 0 Å². The number of rotatable bonds is 6. The number of aromatic nitrogens is 2. The fraction of sp³-hybridized carbons (Fsp3) is 0.423. The van der Waals surface area contributed by atoms with Crippen molar-refractivity contribution < 1.29 is 4.79 Å². The minimum atomic E-state index is -0.634. The summed E-state index contributed by atoms with van der Waals surface area (Å²) in [5.41, 5.74) is 2.12. The maximum Gasteiger partial charge on any atom is 0.321 e. The molecule has 0 aliphatic heterocycles. The van der Waals surface area contributed by atoms with Gasteiger partial charge in [-0.1, -0.05) is 32.4 Å². The molecule has 186 valence electrons. The monoisotopic (exact) mass is 602 g/mol. The first-order valence-electron chi connectivity index (χ1n) is 12.0. The maximum atomic E-state index is 13.2. The van der Waals surface area contributed by atoms with Crippen molar-refractivity contribution in [3.8, 4) is 0 Å². The fourth-order valence-corrected chi connectivity index (χ4v) is 5.93. The summed E-state index contributed by atoms with van der Waals surface area (Å²) in [5.74, 6) is 1.74. The van der Waals surface area contributed by atoms with Crippen LogP contribution in [-0.4, -0.2) is 35.8 Å². The molecule has 0 radical (unpaired) electrons. The van der Waals surface area contributed by atoms with Crippen molar-refractivity contribution in [1.29, 1.82) is 0 Å². The second kappa shape index (κ2) is 10.7. The second-order valence-electron chi connectivity index (χ2n) is 9.64. The lowest BCUT2D eigenvalue weighted by atomic mass is 9.89. The third-order valence-corrected chi connectivity index (χ3v) is 7.64. The van der Waals surface area contributed by atoms with Gasteiger partial charge in [0.05, 0.1) is 11.2 Å². The van der Waals surface area contributed by atoms with E-state index in [1.165, 1.54) is 5.56 Å². The average Bonchev–Trinajstić information content (AvgIpc) is 2.81. The van der Waals surface area contributed by atoms with E-state index in [4.69, 9.17) is 9.97 Å². The lowest BCUT2D eigenvalue weighted by Gasteiger charge is -2.39. The molecule has 1 saturated carbocycles. The summed E-state index contributed by atoms with van der Waals surface area (Å²) >= 11 is 7.24. The zero-order valence-electron chi connectivity index (χ0n) is 20.6. The van der Waals surface area contributed by atoms with Gasteiger partial charge in [0.2, 0.25) is 5.95 Å². The number of nitrogens with one attached hydrogen (secondary N) is 3. The topological polar surface area (TPSA) is 82.2 Å². The Morgan fingerprint density at radius 1 is 1.03 bits per heavy atom. The van der Waals surface area contributed by atoms with Gasteiger partial charge in [0, 0.05) is 28.4 Å². The van der Waals surface area contributed by atoms with Gasteiger partial charge in [-0.05, 0) is 93.3 Å². The molecule has 35 heavy (non-hydrogen) atoms. The molecule has 3 aromatic rings. The van der Waals surface area contributed by atoms with Crippen LogP contribution in [0.25, 0.3) is 10.9 Å². The number of para-hydroxylation sites is 1. The zero-order chi connectivity index (χ0) is 25.2. The van der Waals surface area contributed by atoms with Crippen LogP contribution in [0, 0.1) is 0 Å². The highest BCUT2D eigenvalue weighted by Gasteiger charge is 2.35. The van der Waals surface area contributed by atoms with Gasteiger partial charge in [-0.25, -0.2) is 9.78 Å². The Hall–Kier alpha value is -2.39. The Bertz CT molecular complexity index is 1200. The number of benzene rings is 2. The highest BCUT2D eigenvalue weighted by Crippen LogP contribution is 2.35. The van der Waals surface area contributed by atoms with E-state index in [-0.39, 0.29) is 6.03 Å². The average molecular weight is 604 g/mol. The molecule has 2 aromatic carbocycles. The van der Waals surface area contributed by atoms with Crippen LogP contribution in [0.3, 0.4) is 0 Å². The maximum absolute atomic E-state index is 13.2. The second-order valence-corrected chi connectivity index (χ2v) is 11.4. The number of urea groups is 1.